The average Bonchev–Trinajstić information content (AvgIpc) is 2.77. The van der Waals surface area contributed by atoms with Gasteiger partial charge in [-0.2, -0.15) is 5.10 Å². The minimum atomic E-state index is -0.0111. The maximum Gasteiger partial charge on any atom is 0.150 e. The largest absolute Gasteiger partial charge is 0.356 e. The number of hydrogen-bond donors (Lipinski definition) is 0. The van der Waals surface area contributed by atoms with Crippen molar-refractivity contribution in [1.82, 2.24) is 9.78 Å². The Hall–Kier alpha value is -0.550. The van der Waals surface area contributed by atoms with Crippen LogP contribution in [-0.4, -0.2) is 16.4 Å². The molecule has 20 heavy (non-hydrogen) atoms. The molecule has 2 aromatic rings. The second kappa shape index (κ2) is 6.06. The summed E-state index contributed by atoms with van der Waals surface area (Å²) in [5.41, 5.74) is 3.30. The fourth-order valence-corrected chi connectivity index (χ4v) is 3.31. The van der Waals surface area contributed by atoms with E-state index in [4.69, 9.17) is 27.9 Å². The van der Waals surface area contributed by atoms with Gasteiger partial charge in [0.05, 0.1) is 5.52 Å². The van der Waals surface area contributed by atoms with Gasteiger partial charge in [0.15, 0.2) is 6.23 Å². The van der Waals surface area contributed by atoms with Gasteiger partial charge in [-0.1, -0.05) is 23.2 Å². The second-order valence-corrected chi connectivity index (χ2v) is 6.15. The molecule has 3 rings (SSSR count). The molecule has 1 atom stereocenters. The highest BCUT2D eigenvalue weighted by atomic mass is 79.9. The van der Waals surface area contributed by atoms with Gasteiger partial charge in [-0.3, -0.25) is 0 Å². The van der Waals surface area contributed by atoms with E-state index in [1.165, 1.54) is 5.54 Å². The van der Waals surface area contributed by atoms with Gasteiger partial charge < -0.3 is 4.74 Å². The van der Waals surface area contributed by atoms with E-state index in [0.717, 1.165) is 46.9 Å². The molecule has 1 unspecified atom stereocenters. The maximum atomic E-state index is 6.30. The fourth-order valence-electron chi connectivity index (χ4n) is 2.47. The molecule has 2 heterocycles. The first-order valence-electron chi connectivity index (χ1n) is 6.46. The van der Waals surface area contributed by atoms with Gasteiger partial charge >= 0.3 is 0 Å². The molecule has 6 heteroatoms. The molecule has 1 saturated heterocycles. The number of benzene rings is 1. The topological polar surface area (TPSA) is 27.1 Å². The molecule has 0 bridgehead atoms. The SMILES string of the molecule is ClC=Cc1cc2c(Br)nn(C3CCCCO3)c2cc1Cl. The van der Waals surface area contributed by atoms with Crippen LogP contribution in [0.3, 0.4) is 0 Å². The van der Waals surface area contributed by atoms with Crippen LogP contribution in [0.4, 0.5) is 0 Å². The van der Waals surface area contributed by atoms with Crippen molar-refractivity contribution in [3.63, 3.8) is 0 Å². The van der Waals surface area contributed by atoms with Gasteiger partial charge in [0.1, 0.15) is 4.60 Å². The smallest absolute Gasteiger partial charge is 0.150 e. The Morgan fingerprint density at radius 1 is 1.40 bits per heavy atom. The van der Waals surface area contributed by atoms with Gasteiger partial charge in [-0.25, -0.2) is 4.68 Å². The summed E-state index contributed by atoms with van der Waals surface area (Å²) >= 11 is 15.4. The summed E-state index contributed by atoms with van der Waals surface area (Å²) in [4.78, 5) is 0. The number of fused-ring (bicyclic) bond motifs is 1. The van der Waals surface area contributed by atoms with Crippen LogP contribution in [0.15, 0.2) is 22.3 Å². The minimum absolute atomic E-state index is 0.0111. The van der Waals surface area contributed by atoms with E-state index < -0.39 is 0 Å². The highest BCUT2D eigenvalue weighted by molar-refractivity contribution is 9.10. The van der Waals surface area contributed by atoms with Crippen molar-refractivity contribution in [2.75, 3.05) is 6.61 Å². The van der Waals surface area contributed by atoms with Crippen molar-refractivity contribution < 1.29 is 4.74 Å². The monoisotopic (exact) mass is 374 g/mol. The zero-order valence-corrected chi connectivity index (χ0v) is 13.7. The van der Waals surface area contributed by atoms with Crippen molar-refractivity contribution in [2.45, 2.75) is 25.5 Å². The van der Waals surface area contributed by atoms with Crippen LogP contribution in [0.5, 0.6) is 0 Å². The van der Waals surface area contributed by atoms with Gasteiger partial charge in [0.2, 0.25) is 0 Å². The normalized spacial score (nSPS) is 20.1. The lowest BCUT2D eigenvalue weighted by Crippen LogP contribution is -2.19. The van der Waals surface area contributed by atoms with Gasteiger partial charge in [-0.15, -0.1) is 0 Å². The maximum absolute atomic E-state index is 6.30. The molecule has 1 aliphatic rings. The lowest BCUT2D eigenvalue weighted by Gasteiger charge is -2.23. The molecule has 3 nitrogen and oxygen atoms in total. The number of hydrogen-bond acceptors (Lipinski definition) is 2. The molecular weight excluding hydrogens is 363 g/mol. The zero-order valence-electron chi connectivity index (χ0n) is 10.7. The van der Waals surface area contributed by atoms with Crippen LogP contribution < -0.4 is 0 Å². The van der Waals surface area contributed by atoms with Crippen molar-refractivity contribution in [2.24, 2.45) is 0 Å². The number of ether oxygens (including phenoxy) is 1. The molecule has 1 aromatic carbocycles. The zero-order chi connectivity index (χ0) is 14.1. The molecule has 1 aromatic heterocycles. The van der Waals surface area contributed by atoms with Crippen LogP contribution in [0.1, 0.15) is 31.1 Å². The Morgan fingerprint density at radius 3 is 2.95 bits per heavy atom. The third kappa shape index (κ3) is 2.62. The Morgan fingerprint density at radius 2 is 2.25 bits per heavy atom. The van der Waals surface area contributed by atoms with Gasteiger partial charge in [0.25, 0.3) is 0 Å². The fraction of sp³-hybridized carbons (Fsp3) is 0.357. The number of aromatic nitrogens is 2. The van der Waals surface area contributed by atoms with Crippen molar-refractivity contribution in [3.05, 3.63) is 32.9 Å². The molecular formula is C14H13BrCl2N2O. The molecule has 0 aliphatic carbocycles. The Bertz CT molecular complexity index is 663. The molecule has 0 radical (unpaired) electrons. The van der Waals surface area contributed by atoms with E-state index in [0.29, 0.717) is 5.02 Å². The lowest BCUT2D eigenvalue weighted by atomic mass is 10.1. The molecule has 1 fully saturated rings. The van der Waals surface area contributed by atoms with Crippen LogP contribution in [0.25, 0.3) is 17.0 Å². The van der Waals surface area contributed by atoms with E-state index in [2.05, 4.69) is 21.0 Å². The number of nitrogens with zero attached hydrogens (tertiary/aromatic N) is 2. The van der Waals surface area contributed by atoms with Crippen molar-refractivity contribution in [3.8, 4) is 0 Å². The average molecular weight is 376 g/mol. The summed E-state index contributed by atoms with van der Waals surface area (Å²) in [6.07, 6.45) is 5.00. The number of halogens is 3. The quantitative estimate of drug-likeness (QED) is 0.706. The van der Waals surface area contributed by atoms with Gasteiger partial charge in [0, 0.05) is 22.6 Å². The summed E-state index contributed by atoms with van der Waals surface area (Å²) in [6, 6.07) is 3.89. The molecule has 0 saturated carbocycles. The minimum Gasteiger partial charge on any atom is -0.356 e. The van der Waals surface area contributed by atoms with Crippen LogP contribution in [0.2, 0.25) is 5.02 Å². The second-order valence-electron chi connectivity index (χ2n) is 4.74. The predicted octanol–water partition coefficient (Wildman–Crippen LogP) is 5.36. The van der Waals surface area contributed by atoms with E-state index in [1.54, 1.807) is 6.08 Å². The van der Waals surface area contributed by atoms with E-state index >= 15 is 0 Å². The summed E-state index contributed by atoms with van der Waals surface area (Å²) in [6.45, 7) is 0.782. The molecule has 106 valence electrons. The van der Waals surface area contributed by atoms with Crippen LogP contribution >= 0.6 is 39.1 Å². The summed E-state index contributed by atoms with van der Waals surface area (Å²) < 4.78 is 8.51. The van der Waals surface area contributed by atoms with E-state index in [-0.39, 0.29) is 6.23 Å². The molecule has 0 amide bonds. The van der Waals surface area contributed by atoms with Crippen LogP contribution in [0, 0.1) is 0 Å². The first kappa shape index (κ1) is 14.4. The third-order valence-electron chi connectivity index (χ3n) is 3.45. The van der Waals surface area contributed by atoms with E-state index in [1.807, 2.05) is 16.8 Å². The first-order valence-corrected chi connectivity index (χ1v) is 8.07. The Balaban J connectivity index is 2.12. The predicted molar refractivity (Wildman–Crippen MR) is 86.2 cm³/mol. The molecule has 0 N–H and O–H groups in total. The molecule has 1 aliphatic heterocycles. The van der Waals surface area contributed by atoms with Gasteiger partial charge in [-0.05, 0) is 59.0 Å². The highest BCUT2D eigenvalue weighted by Crippen LogP contribution is 2.33. The number of rotatable bonds is 2. The highest BCUT2D eigenvalue weighted by Gasteiger charge is 2.21. The third-order valence-corrected chi connectivity index (χ3v) is 4.49. The Kier molecular flexibility index (Phi) is 4.36. The van der Waals surface area contributed by atoms with Crippen molar-refractivity contribution in [1.29, 1.82) is 0 Å². The molecule has 0 spiro atoms. The summed E-state index contributed by atoms with van der Waals surface area (Å²) in [7, 11) is 0. The van der Waals surface area contributed by atoms with Crippen molar-refractivity contribution >= 4 is 56.1 Å². The first-order chi connectivity index (χ1) is 9.70. The van der Waals surface area contributed by atoms with E-state index in [9.17, 15) is 0 Å². The Labute approximate surface area is 135 Å². The standard InChI is InChI=1S/C14H13BrCl2N2O/c15-14-10-7-9(4-5-16)11(17)8-12(10)19(18-14)13-3-1-2-6-20-13/h4-5,7-8,13H,1-3,6H2. The summed E-state index contributed by atoms with van der Waals surface area (Å²) in [5, 5.41) is 6.21. The van der Waals surface area contributed by atoms with Crippen LogP contribution in [-0.2, 0) is 4.74 Å². The summed E-state index contributed by atoms with van der Waals surface area (Å²) in [5.74, 6) is 0. The lowest BCUT2D eigenvalue weighted by molar-refractivity contribution is -0.0368.